The molecule has 0 spiro atoms. The summed E-state index contributed by atoms with van der Waals surface area (Å²) in [7, 11) is 0. The molecule has 1 aromatic rings. The Kier molecular flexibility index (Phi) is 0.957. The van der Waals surface area contributed by atoms with E-state index in [-0.39, 0.29) is 11.5 Å². The first-order valence-corrected chi connectivity index (χ1v) is 1.97. The highest BCUT2D eigenvalue weighted by atomic mass is 16.3. The predicted molar refractivity (Wildman–Crippen MR) is 28.5 cm³/mol. The first-order chi connectivity index (χ1) is 3.84. The van der Waals surface area contributed by atoms with E-state index in [1.165, 1.54) is 6.20 Å². The molecule has 1 aromatic heterocycles. The van der Waals surface area contributed by atoms with Gasteiger partial charge in [-0.25, -0.2) is 0 Å². The lowest BCUT2D eigenvalue weighted by Crippen LogP contribution is -1.78. The summed E-state index contributed by atoms with van der Waals surface area (Å²) in [6.45, 7) is 0. The normalized spacial score (nSPS) is 9.00. The van der Waals surface area contributed by atoms with Gasteiger partial charge in [0.05, 0.1) is 6.20 Å². The molecular weight excluding hydrogens is 108 g/mol. The lowest BCUT2D eigenvalue weighted by atomic mass is 10.5. The van der Waals surface area contributed by atoms with Crippen LogP contribution in [0.25, 0.3) is 0 Å². The van der Waals surface area contributed by atoms with E-state index in [1.54, 1.807) is 0 Å². The third-order valence-corrected chi connectivity index (χ3v) is 0.739. The maximum Gasteiger partial charge on any atom is 0.215 e. The second-order valence-electron chi connectivity index (χ2n) is 1.27. The van der Waals surface area contributed by atoms with Gasteiger partial charge in [0.2, 0.25) is 5.82 Å². The van der Waals surface area contributed by atoms with E-state index in [2.05, 4.69) is 15.4 Å². The minimum atomic E-state index is 0.0880. The Morgan fingerprint density at radius 3 is 2.88 bits per heavy atom. The first-order valence-electron chi connectivity index (χ1n) is 1.97. The topological polar surface area (TPSA) is 84.1 Å². The van der Waals surface area contributed by atoms with Crippen LogP contribution in [-0.2, 0) is 0 Å². The Labute approximate surface area is 44.9 Å². The molecule has 1 rings (SSSR count). The fourth-order valence-electron chi connectivity index (χ4n) is 0.362. The number of rotatable bonds is 1. The second-order valence-corrected chi connectivity index (χ2v) is 1.27. The fraction of sp³-hybridized carbons (Fsp3) is 0. The molecule has 0 unspecified atom stereocenters. The van der Waals surface area contributed by atoms with E-state index in [9.17, 15) is 4.91 Å². The molecule has 0 fully saturated rings. The van der Waals surface area contributed by atoms with Crippen LogP contribution in [0.3, 0.4) is 0 Å². The molecule has 1 heterocycles. The maximum absolute atomic E-state index is 9.69. The van der Waals surface area contributed by atoms with Gasteiger partial charge in [0.1, 0.15) is 5.69 Å². The number of hydrogen-bond acceptors (Lipinski definition) is 4. The number of nitrogens with two attached hydrogens (primary N) is 1. The molecule has 0 aromatic carbocycles. The lowest BCUT2D eigenvalue weighted by molar-refractivity contribution is 1.08. The van der Waals surface area contributed by atoms with Crippen LogP contribution in [0.15, 0.2) is 11.4 Å². The summed E-state index contributed by atoms with van der Waals surface area (Å²) in [6.07, 6.45) is 1.33. The molecule has 0 amide bonds. The fourth-order valence-corrected chi connectivity index (χ4v) is 0.362. The zero-order chi connectivity index (χ0) is 5.98. The summed E-state index contributed by atoms with van der Waals surface area (Å²) < 4.78 is 0. The molecule has 42 valence electrons. The highest BCUT2D eigenvalue weighted by molar-refractivity contribution is 5.54. The zero-order valence-corrected chi connectivity index (χ0v) is 3.96. The van der Waals surface area contributed by atoms with Crippen molar-refractivity contribution in [2.24, 2.45) is 5.18 Å². The van der Waals surface area contributed by atoms with Crippen LogP contribution in [0, 0.1) is 4.91 Å². The number of nitroso groups, excluding NO2 is 1. The van der Waals surface area contributed by atoms with Crippen molar-refractivity contribution in [3.05, 3.63) is 11.1 Å². The maximum atomic E-state index is 9.69. The average molecular weight is 112 g/mol. The highest BCUT2D eigenvalue weighted by Gasteiger charge is 1.96. The first kappa shape index (κ1) is 4.76. The molecule has 5 heteroatoms. The van der Waals surface area contributed by atoms with Gasteiger partial charge in [-0.05, 0) is 5.18 Å². The van der Waals surface area contributed by atoms with Gasteiger partial charge in [-0.3, -0.25) is 5.10 Å². The SMILES string of the molecule is Nc1cn[nH]c1N=O. The van der Waals surface area contributed by atoms with Crippen molar-refractivity contribution in [2.75, 3.05) is 5.73 Å². The smallest absolute Gasteiger partial charge is 0.215 e. The minimum absolute atomic E-state index is 0.0880. The summed E-state index contributed by atoms with van der Waals surface area (Å²) in [4.78, 5) is 9.69. The predicted octanol–water partition coefficient (Wildman–Crippen LogP) is 0.390. The summed E-state index contributed by atoms with van der Waals surface area (Å²) in [5.41, 5.74) is 5.44. The summed E-state index contributed by atoms with van der Waals surface area (Å²) >= 11 is 0. The number of nitrogens with zero attached hydrogens (tertiary/aromatic N) is 2. The molecule has 0 saturated carbocycles. The third-order valence-electron chi connectivity index (χ3n) is 0.739. The molecular formula is C3H4N4O. The van der Waals surface area contributed by atoms with Gasteiger partial charge in [-0.15, -0.1) is 4.91 Å². The monoisotopic (exact) mass is 112 g/mol. The number of anilines is 1. The number of nitrogen functional groups attached to an aromatic ring is 1. The number of nitrogens with one attached hydrogen (secondary N) is 1. The number of aromatic amines is 1. The van der Waals surface area contributed by atoms with E-state index >= 15 is 0 Å². The zero-order valence-electron chi connectivity index (χ0n) is 3.96. The molecule has 0 aliphatic heterocycles. The number of aromatic nitrogens is 2. The van der Waals surface area contributed by atoms with E-state index < -0.39 is 0 Å². The minimum Gasteiger partial charge on any atom is -0.394 e. The van der Waals surface area contributed by atoms with Crippen LogP contribution in [0.1, 0.15) is 0 Å². The Morgan fingerprint density at radius 1 is 1.88 bits per heavy atom. The van der Waals surface area contributed by atoms with E-state index in [1.807, 2.05) is 0 Å². The largest absolute Gasteiger partial charge is 0.394 e. The van der Waals surface area contributed by atoms with Gasteiger partial charge in [-0.2, -0.15) is 5.10 Å². The molecule has 0 bridgehead atoms. The van der Waals surface area contributed by atoms with Crippen LogP contribution >= 0.6 is 0 Å². The van der Waals surface area contributed by atoms with Gasteiger partial charge in [0.15, 0.2) is 0 Å². The van der Waals surface area contributed by atoms with Crippen molar-refractivity contribution in [1.82, 2.24) is 10.2 Å². The van der Waals surface area contributed by atoms with Crippen molar-refractivity contribution < 1.29 is 0 Å². The summed E-state index contributed by atoms with van der Waals surface area (Å²) in [5, 5.41) is 8.29. The standard InChI is InChI=1S/C3H4N4O/c4-2-1-5-6-3(2)7-8/h1H,4H2,(H,5,6). The third kappa shape index (κ3) is 0.534. The van der Waals surface area contributed by atoms with Crippen molar-refractivity contribution in [3.8, 4) is 0 Å². The quantitative estimate of drug-likeness (QED) is 0.515. The Bertz CT molecular complexity index is 193. The van der Waals surface area contributed by atoms with Crippen LogP contribution in [0.5, 0.6) is 0 Å². The summed E-state index contributed by atoms with van der Waals surface area (Å²) in [5.74, 6) is 0.0880. The second kappa shape index (κ2) is 1.61. The number of hydrogen-bond donors (Lipinski definition) is 2. The van der Waals surface area contributed by atoms with Crippen molar-refractivity contribution >= 4 is 11.5 Å². The van der Waals surface area contributed by atoms with Gasteiger partial charge >= 0.3 is 0 Å². The lowest BCUT2D eigenvalue weighted by Gasteiger charge is -1.77. The molecule has 3 N–H and O–H groups in total. The van der Waals surface area contributed by atoms with Crippen LogP contribution in [0.2, 0.25) is 0 Å². The highest BCUT2D eigenvalue weighted by Crippen LogP contribution is 2.14. The summed E-state index contributed by atoms with van der Waals surface area (Å²) in [6, 6.07) is 0. The molecule has 0 aliphatic carbocycles. The molecule has 0 saturated heterocycles. The molecule has 0 radical (unpaired) electrons. The van der Waals surface area contributed by atoms with E-state index in [0.717, 1.165) is 0 Å². The van der Waals surface area contributed by atoms with E-state index in [0.29, 0.717) is 0 Å². The van der Waals surface area contributed by atoms with Crippen LogP contribution < -0.4 is 5.73 Å². The van der Waals surface area contributed by atoms with Crippen molar-refractivity contribution in [2.45, 2.75) is 0 Å². The van der Waals surface area contributed by atoms with Crippen LogP contribution in [-0.4, -0.2) is 10.2 Å². The van der Waals surface area contributed by atoms with Gasteiger partial charge < -0.3 is 5.73 Å². The van der Waals surface area contributed by atoms with Gasteiger partial charge in [0.25, 0.3) is 0 Å². The Balaban J connectivity index is 3.09. The Hall–Kier alpha value is -1.39. The van der Waals surface area contributed by atoms with Crippen LogP contribution in [0.4, 0.5) is 11.5 Å². The molecule has 5 nitrogen and oxygen atoms in total. The molecule has 8 heavy (non-hydrogen) atoms. The molecule has 0 aliphatic rings. The van der Waals surface area contributed by atoms with E-state index in [4.69, 9.17) is 5.73 Å². The van der Waals surface area contributed by atoms with Crippen molar-refractivity contribution in [3.63, 3.8) is 0 Å². The Morgan fingerprint density at radius 2 is 2.62 bits per heavy atom. The van der Waals surface area contributed by atoms with Gasteiger partial charge in [-0.1, -0.05) is 0 Å². The molecule has 0 atom stereocenters. The average Bonchev–Trinajstić information content (AvgIpc) is 2.14. The van der Waals surface area contributed by atoms with Crippen molar-refractivity contribution in [1.29, 1.82) is 0 Å². The van der Waals surface area contributed by atoms with Gasteiger partial charge in [0, 0.05) is 0 Å². The number of H-pyrrole nitrogens is 1.